The molecule has 1 N–H and O–H groups in total. The van der Waals surface area contributed by atoms with E-state index >= 15 is 0 Å². The maximum Gasteiger partial charge on any atom is 0.0936 e. The Bertz CT molecular complexity index is 117. The second-order valence-corrected chi connectivity index (χ2v) is 2.97. The third-order valence-electron chi connectivity index (χ3n) is 1.89. The van der Waals surface area contributed by atoms with Crippen LogP contribution in [0.15, 0.2) is 0 Å². The molecule has 0 aliphatic carbocycles. The van der Waals surface area contributed by atoms with E-state index in [1.165, 1.54) is 0 Å². The van der Waals surface area contributed by atoms with Gasteiger partial charge >= 0.3 is 0 Å². The fourth-order valence-electron chi connectivity index (χ4n) is 1.12. The summed E-state index contributed by atoms with van der Waals surface area (Å²) in [5.41, 5.74) is 0. The zero-order valence-electron chi connectivity index (χ0n) is 7.53. The molecule has 0 bridgehead atoms. The molecule has 0 aromatic heterocycles. The summed E-state index contributed by atoms with van der Waals surface area (Å²) in [5, 5.41) is 8.75. The van der Waals surface area contributed by atoms with E-state index in [9.17, 15) is 0 Å². The lowest BCUT2D eigenvalue weighted by Gasteiger charge is -2.19. The van der Waals surface area contributed by atoms with E-state index in [1.807, 2.05) is 0 Å². The van der Waals surface area contributed by atoms with Crippen LogP contribution < -0.4 is 0 Å². The first-order valence-electron chi connectivity index (χ1n) is 4.30. The van der Waals surface area contributed by atoms with Crippen molar-refractivity contribution in [3.05, 3.63) is 0 Å². The van der Waals surface area contributed by atoms with Gasteiger partial charge in [-0.05, 0) is 0 Å². The lowest BCUT2D eigenvalue weighted by Crippen LogP contribution is -2.33. The molecule has 1 atom stereocenters. The smallest absolute Gasteiger partial charge is 0.0936 e. The Morgan fingerprint density at radius 1 is 1.58 bits per heavy atom. The Balaban J connectivity index is 2.07. The maximum absolute atomic E-state index is 8.75. The van der Waals surface area contributed by atoms with E-state index < -0.39 is 0 Å². The molecular formula is C8H17NO3. The first kappa shape index (κ1) is 9.92. The Morgan fingerprint density at radius 2 is 2.33 bits per heavy atom. The number of hydrogen-bond donors (Lipinski definition) is 1. The molecule has 1 fully saturated rings. The van der Waals surface area contributed by atoms with Gasteiger partial charge in [0.2, 0.25) is 0 Å². The van der Waals surface area contributed by atoms with Gasteiger partial charge in [0, 0.05) is 26.7 Å². The number of ether oxygens (including phenoxy) is 2. The highest BCUT2D eigenvalue weighted by molar-refractivity contribution is 4.74. The number of aliphatic hydroxyl groups is 1. The number of methoxy groups -OCH3 is 1. The topological polar surface area (TPSA) is 45.2 Å². The molecular weight excluding hydrogens is 158 g/mol. The number of hydrogen-bond acceptors (Lipinski definition) is 4. The van der Waals surface area contributed by atoms with Gasteiger partial charge in [-0.15, -0.1) is 0 Å². The van der Waals surface area contributed by atoms with E-state index in [1.54, 1.807) is 7.11 Å². The third kappa shape index (κ3) is 4.01. The summed E-state index contributed by atoms with van der Waals surface area (Å²) in [6, 6.07) is 0. The van der Waals surface area contributed by atoms with E-state index in [4.69, 9.17) is 14.6 Å². The van der Waals surface area contributed by atoms with Crippen molar-refractivity contribution in [2.75, 3.05) is 46.6 Å². The standard InChI is InChI=1S/C8H17NO3/c1-11-5-3-9(2-4-10)6-8-7-12-8/h8,10H,2-7H2,1H3. The van der Waals surface area contributed by atoms with Gasteiger partial charge in [0.05, 0.1) is 25.9 Å². The van der Waals surface area contributed by atoms with Gasteiger partial charge in [-0.1, -0.05) is 0 Å². The average molecular weight is 175 g/mol. The second-order valence-electron chi connectivity index (χ2n) is 2.97. The van der Waals surface area contributed by atoms with Gasteiger partial charge in [0.1, 0.15) is 0 Å². The Morgan fingerprint density at radius 3 is 2.83 bits per heavy atom. The summed E-state index contributed by atoms with van der Waals surface area (Å²) in [5.74, 6) is 0. The normalized spacial score (nSPS) is 21.8. The molecule has 0 aromatic rings. The van der Waals surface area contributed by atoms with Crippen LogP contribution in [0.4, 0.5) is 0 Å². The minimum Gasteiger partial charge on any atom is -0.395 e. The zero-order valence-corrected chi connectivity index (χ0v) is 7.53. The quantitative estimate of drug-likeness (QED) is 0.521. The largest absolute Gasteiger partial charge is 0.395 e. The van der Waals surface area contributed by atoms with Crippen LogP contribution in [0.2, 0.25) is 0 Å². The molecule has 1 rings (SSSR count). The van der Waals surface area contributed by atoms with Crippen LogP contribution in [0.25, 0.3) is 0 Å². The molecule has 1 heterocycles. The molecule has 12 heavy (non-hydrogen) atoms. The molecule has 1 aliphatic rings. The molecule has 4 nitrogen and oxygen atoms in total. The van der Waals surface area contributed by atoms with Gasteiger partial charge < -0.3 is 14.6 Å². The highest BCUT2D eigenvalue weighted by Gasteiger charge is 2.24. The van der Waals surface area contributed by atoms with E-state index in [2.05, 4.69) is 4.90 Å². The van der Waals surface area contributed by atoms with Crippen molar-refractivity contribution < 1.29 is 14.6 Å². The van der Waals surface area contributed by atoms with Gasteiger partial charge in [-0.3, -0.25) is 4.90 Å². The monoisotopic (exact) mass is 175 g/mol. The minimum atomic E-state index is 0.205. The van der Waals surface area contributed by atoms with Crippen LogP contribution in [-0.2, 0) is 9.47 Å². The molecule has 1 saturated heterocycles. The summed E-state index contributed by atoms with van der Waals surface area (Å²) >= 11 is 0. The zero-order chi connectivity index (χ0) is 8.81. The second kappa shape index (κ2) is 5.48. The molecule has 0 aromatic carbocycles. The Kier molecular flexibility index (Phi) is 4.53. The SMILES string of the molecule is COCCN(CCO)CC1CO1. The lowest BCUT2D eigenvalue weighted by molar-refractivity contribution is 0.125. The van der Waals surface area contributed by atoms with Crippen molar-refractivity contribution in [3.8, 4) is 0 Å². The molecule has 0 saturated carbocycles. The van der Waals surface area contributed by atoms with Gasteiger partial charge in [-0.2, -0.15) is 0 Å². The fourth-order valence-corrected chi connectivity index (χ4v) is 1.12. The number of nitrogens with zero attached hydrogens (tertiary/aromatic N) is 1. The number of epoxide rings is 1. The van der Waals surface area contributed by atoms with Crippen LogP contribution in [0.3, 0.4) is 0 Å². The molecule has 0 radical (unpaired) electrons. The summed E-state index contributed by atoms with van der Waals surface area (Å²) < 4.78 is 10.1. The van der Waals surface area contributed by atoms with Crippen molar-refractivity contribution in [2.24, 2.45) is 0 Å². The predicted octanol–water partition coefficient (Wildman–Crippen LogP) is -0.674. The number of rotatable bonds is 7. The predicted molar refractivity (Wildman–Crippen MR) is 45.1 cm³/mol. The van der Waals surface area contributed by atoms with Crippen molar-refractivity contribution >= 4 is 0 Å². The lowest BCUT2D eigenvalue weighted by atomic mass is 10.4. The molecule has 4 heteroatoms. The van der Waals surface area contributed by atoms with Crippen molar-refractivity contribution in [2.45, 2.75) is 6.10 Å². The first-order valence-corrected chi connectivity index (χ1v) is 4.30. The highest BCUT2D eigenvalue weighted by Crippen LogP contribution is 2.10. The van der Waals surface area contributed by atoms with Crippen LogP contribution in [-0.4, -0.2) is 62.7 Å². The number of aliphatic hydroxyl groups excluding tert-OH is 1. The van der Waals surface area contributed by atoms with Crippen molar-refractivity contribution in [1.82, 2.24) is 4.90 Å². The fraction of sp³-hybridized carbons (Fsp3) is 1.00. The molecule has 72 valence electrons. The van der Waals surface area contributed by atoms with E-state index in [-0.39, 0.29) is 6.61 Å². The van der Waals surface area contributed by atoms with Crippen LogP contribution in [0.1, 0.15) is 0 Å². The van der Waals surface area contributed by atoms with Crippen LogP contribution in [0.5, 0.6) is 0 Å². The third-order valence-corrected chi connectivity index (χ3v) is 1.89. The molecule has 0 amide bonds. The summed E-state index contributed by atoms with van der Waals surface area (Å²) in [6.45, 7) is 4.29. The summed E-state index contributed by atoms with van der Waals surface area (Å²) in [6.07, 6.45) is 0.397. The van der Waals surface area contributed by atoms with Gasteiger partial charge in [-0.25, -0.2) is 0 Å². The minimum absolute atomic E-state index is 0.205. The van der Waals surface area contributed by atoms with Crippen molar-refractivity contribution in [3.63, 3.8) is 0 Å². The first-order chi connectivity index (χ1) is 5.86. The van der Waals surface area contributed by atoms with Crippen LogP contribution in [0, 0.1) is 0 Å². The summed E-state index contributed by atoms with van der Waals surface area (Å²) in [7, 11) is 1.69. The Labute approximate surface area is 73.1 Å². The van der Waals surface area contributed by atoms with Crippen LogP contribution >= 0.6 is 0 Å². The maximum atomic E-state index is 8.75. The highest BCUT2D eigenvalue weighted by atomic mass is 16.6. The molecule has 1 aliphatic heterocycles. The Hall–Kier alpha value is -0.160. The van der Waals surface area contributed by atoms with E-state index in [0.29, 0.717) is 19.3 Å². The van der Waals surface area contributed by atoms with E-state index in [0.717, 1.165) is 19.7 Å². The molecule has 0 spiro atoms. The molecule has 1 unspecified atom stereocenters. The van der Waals surface area contributed by atoms with Crippen molar-refractivity contribution in [1.29, 1.82) is 0 Å². The van der Waals surface area contributed by atoms with Gasteiger partial charge in [0.15, 0.2) is 0 Å². The average Bonchev–Trinajstić information content (AvgIpc) is 2.84. The van der Waals surface area contributed by atoms with Gasteiger partial charge in [0.25, 0.3) is 0 Å². The summed E-state index contributed by atoms with van der Waals surface area (Å²) in [4.78, 5) is 2.15.